The zero-order valence-corrected chi connectivity index (χ0v) is 19.6. The van der Waals surface area contributed by atoms with Crippen LogP contribution in [-0.2, 0) is 4.79 Å². The number of alkyl halides is 4. The van der Waals surface area contributed by atoms with Gasteiger partial charge in [0, 0.05) is 36.2 Å². The fraction of sp³-hybridized carbons (Fsp3) is 0.478. The maximum absolute atomic E-state index is 14.1. The van der Waals surface area contributed by atoms with Gasteiger partial charge in [-0.05, 0) is 39.7 Å². The van der Waals surface area contributed by atoms with E-state index in [1.807, 2.05) is 4.57 Å². The summed E-state index contributed by atoms with van der Waals surface area (Å²) < 4.78 is 62.3. The highest BCUT2D eigenvalue weighted by Crippen LogP contribution is 2.42. The number of nitrogens with one attached hydrogen (secondary N) is 1. The highest BCUT2D eigenvalue weighted by atomic mass is 19.4. The van der Waals surface area contributed by atoms with Crippen molar-refractivity contribution in [2.45, 2.75) is 64.5 Å². The minimum Gasteiger partial charge on any atom is -0.484 e. The van der Waals surface area contributed by atoms with Gasteiger partial charge >= 0.3 is 11.7 Å². The molecule has 4 rings (SSSR count). The van der Waals surface area contributed by atoms with Crippen molar-refractivity contribution in [3.8, 4) is 17.0 Å². The average Bonchev–Trinajstić information content (AvgIpc) is 3.51. The number of fused-ring (bicyclic) bond motifs is 1. The molecule has 1 fully saturated rings. The van der Waals surface area contributed by atoms with Crippen LogP contribution in [0, 0.1) is 0 Å². The van der Waals surface area contributed by atoms with Gasteiger partial charge < -0.3 is 14.6 Å². The summed E-state index contributed by atoms with van der Waals surface area (Å²) >= 11 is 0. The van der Waals surface area contributed by atoms with E-state index >= 15 is 0 Å². The molecule has 3 heterocycles. The van der Waals surface area contributed by atoms with E-state index in [1.165, 1.54) is 26.8 Å². The van der Waals surface area contributed by atoms with Crippen LogP contribution in [0.25, 0.3) is 22.2 Å². The molecule has 12 heteroatoms. The van der Waals surface area contributed by atoms with Gasteiger partial charge in [0.25, 0.3) is 0 Å². The molecule has 35 heavy (non-hydrogen) atoms. The minimum absolute atomic E-state index is 0.0386. The van der Waals surface area contributed by atoms with Crippen LogP contribution in [0.15, 0.2) is 29.3 Å². The fourth-order valence-corrected chi connectivity index (χ4v) is 3.63. The van der Waals surface area contributed by atoms with E-state index in [0.29, 0.717) is 21.1 Å². The topological polar surface area (TPSA) is 91.0 Å². The number of carbonyl (C=O) groups is 1. The smallest absolute Gasteiger partial charge is 0.410 e. The number of amides is 1. The summed E-state index contributed by atoms with van der Waals surface area (Å²) in [6.07, 6.45) is 0.402. The van der Waals surface area contributed by atoms with Crippen LogP contribution in [0.5, 0.6) is 5.75 Å². The number of nitrogens with zero attached hydrogens (tertiary/aromatic N) is 4. The van der Waals surface area contributed by atoms with Crippen LogP contribution in [0.4, 0.5) is 23.4 Å². The van der Waals surface area contributed by atoms with Crippen LogP contribution in [0.3, 0.4) is 0 Å². The third-order valence-electron chi connectivity index (χ3n) is 5.55. The molecule has 3 aromatic rings. The molecule has 188 valence electrons. The van der Waals surface area contributed by atoms with Gasteiger partial charge in [0.15, 0.2) is 5.75 Å². The predicted octanol–water partition coefficient (Wildman–Crippen LogP) is 4.80. The van der Waals surface area contributed by atoms with Crippen molar-refractivity contribution in [1.82, 2.24) is 19.3 Å². The molecule has 1 N–H and O–H groups in total. The molecule has 0 saturated heterocycles. The van der Waals surface area contributed by atoms with Gasteiger partial charge in [0.2, 0.25) is 5.91 Å². The number of aromatic nitrogens is 4. The van der Waals surface area contributed by atoms with E-state index in [0.717, 1.165) is 19.8 Å². The Morgan fingerprint density at radius 3 is 2.51 bits per heavy atom. The van der Waals surface area contributed by atoms with Gasteiger partial charge in [-0.2, -0.15) is 18.3 Å². The predicted molar refractivity (Wildman–Crippen MR) is 121 cm³/mol. The first kappa shape index (κ1) is 24.7. The summed E-state index contributed by atoms with van der Waals surface area (Å²) in [7, 11) is 0. The first-order valence-corrected chi connectivity index (χ1v) is 11.1. The van der Waals surface area contributed by atoms with Gasteiger partial charge in [-0.15, -0.1) is 0 Å². The highest BCUT2D eigenvalue weighted by molar-refractivity contribution is 5.98. The standard InChI is InChI=1S/C23H25F4N5O3/c1-12(23(25,26)27)32-21(34)19(35-11-22(3,4)24)8-17(30-32)16-10-31(14-5-6-14)18-9-28-20(7-15(16)18)29-13(2)33/h7-10,12,14H,5-6,11H2,1-4H3,(H,28,29,33)/t12-/m0/s1. The van der Waals surface area contributed by atoms with Gasteiger partial charge in [-0.1, -0.05) is 0 Å². The van der Waals surface area contributed by atoms with E-state index < -0.39 is 35.8 Å². The van der Waals surface area contributed by atoms with E-state index in [9.17, 15) is 27.2 Å². The molecule has 0 aliphatic heterocycles. The van der Waals surface area contributed by atoms with Crippen molar-refractivity contribution in [3.05, 3.63) is 34.9 Å². The summed E-state index contributed by atoms with van der Waals surface area (Å²) in [5.74, 6) is -0.525. The molecular weight excluding hydrogens is 470 g/mol. The third-order valence-corrected chi connectivity index (χ3v) is 5.55. The first-order chi connectivity index (χ1) is 16.2. The maximum atomic E-state index is 14.1. The Kier molecular flexibility index (Phi) is 6.10. The van der Waals surface area contributed by atoms with Gasteiger partial charge in [-0.25, -0.2) is 14.1 Å². The number of rotatable bonds is 7. The number of carbonyl (C=O) groups excluding carboxylic acids is 1. The van der Waals surface area contributed by atoms with Crippen molar-refractivity contribution >= 4 is 22.6 Å². The summed E-state index contributed by atoms with van der Waals surface area (Å²) in [6.45, 7) is 4.06. The van der Waals surface area contributed by atoms with Gasteiger partial charge in [-0.3, -0.25) is 9.59 Å². The zero-order chi connectivity index (χ0) is 25.7. The number of pyridine rings is 1. The van der Waals surface area contributed by atoms with E-state index in [4.69, 9.17) is 4.74 Å². The lowest BCUT2D eigenvalue weighted by atomic mass is 10.1. The van der Waals surface area contributed by atoms with Crippen molar-refractivity contribution in [1.29, 1.82) is 0 Å². The monoisotopic (exact) mass is 495 g/mol. The molecule has 3 aromatic heterocycles. The molecule has 8 nitrogen and oxygen atoms in total. The lowest BCUT2D eigenvalue weighted by molar-refractivity contribution is -0.166. The fourth-order valence-electron chi connectivity index (χ4n) is 3.63. The Balaban J connectivity index is 1.93. The number of halogens is 4. The summed E-state index contributed by atoms with van der Waals surface area (Å²) in [5, 5.41) is 7.20. The second-order valence-electron chi connectivity index (χ2n) is 9.32. The molecule has 0 spiro atoms. The van der Waals surface area contributed by atoms with E-state index in [2.05, 4.69) is 15.4 Å². The average molecular weight is 495 g/mol. The van der Waals surface area contributed by atoms with Crippen LogP contribution in [0.2, 0.25) is 0 Å². The van der Waals surface area contributed by atoms with Crippen LogP contribution in [0.1, 0.15) is 52.6 Å². The normalized spacial score (nSPS) is 15.3. The quantitative estimate of drug-likeness (QED) is 0.476. The third kappa shape index (κ3) is 5.30. The van der Waals surface area contributed by atoms with Gasteiger partial charge in [0.1, 0.15) is 24.1 Å². The Morgan fingerprint density at radius 1 is 1.26 bits per heavy atom. The number of ether oxygens (including phenoxy) is 1. The van der Waals surface area contributed by atoms with Crippen molar-refractivity contribution in [3.63, 3.8) is 0 Å². The Bertz CT molecular complexity index is 1340. The summed E-state index contributed by atoms with van der Waals surface area (Å²) in [4.78, 5) is 28.6. The molecule has 1 aliphatic rings. The molecule has 0 aromatic carbocycles. The molecule has 0 radical (unpaired) electrons. The summed E-state index contributed by atoms with van der Waals surface area (Å²) in [5.41, 5.74) is -1.77. The first-order valence-electron chi connectivity index (χ1n) is 11.1. The molecule has 0 unspecified atom stereocenters. The molecule has 1 saturated carbocycles. The minimum atomic E-state index is -4.75. The Morgan fingerprint density at radius 2 is 1.94 bits per heavy atom. The number of hydrogen-bond acceptors (Lipinski definition) is 5. The van der Waals surface area contributed by atoms with E-state index in [1.54, 1.807) is 18.5 Å². The van der Waals surface area contributed by atoms with Crippen LogP contribution < -0.4 is 15.6 Å². The van der Waals surface area contributed by atoms with Crippen LogP contribution in [-0.4, -0.2) is 43.7 Å². The second kappa shape index (κ2) is 8.65. The molecule has 1 aliphatic carbocycles. The maximum Gasteiger partial charge on any atom is 0.410 e. The van der Waals surface area contributed by atoms with Crippen molar-refractivity contribution < 1.29 is 27.1 Å². The van der Waals surface area contributed by atoms with Gasteiger partial charge in [0.05, 0.1) is 17.4 Å². The molecular formula is C23H25F4N5O3. The zero-order valence-electron chi connectivity index (χ0n) is 19.6. The van der Waals surface area contributed by atoms with E-state index in [-0.39, 0.29) is 23.5 Å². The largest absolute Gasteiger partial charge is 0.484 e. The lowest BCUT2D eigenvalue weighted by Crippen LogP contribution is -2.36. The van der Waals surface area contributed by atoms with Crippen molar-refractivity contribution in [2.24, 2.45) is 0 Å². The van der Waals surface area contributed by atoms with Crippen molar-refractivity contribution in [2.75, 3.05) is 11.9 Å². The number of anilines is 1. The highest BCUT2D eigenvalue weighted by Gasteiger charge is 2.40. The number of hydrogen-bond donors (Lipinski definition) is 1. The SMILES string of the molecule is CC(=O)Nc1cc2c(-c3cc(OCC(C)(C)F)c(=O)n([C@@H](C)C(F)(F)F)n3)cn(C3CC3)c2cn1. The molecule has 1 amide bonds. The lowest BCUT2D eigenvalue weighted by Gasteiger charge is -2.20. The Labute approximate surface area is 197 Å². The Hall–Kier alpha value is -3.44. The second-order valence-corrected chi connectivity index (χ2v) is 9.32. The molecule has 1 atom stereocenters. The summed E-state index contributed by atoms with van der Waals surface area (Å²) in [6, 6.07) is 0.769. The molecule has 0 bridgehead atoms. The van der Waals surface area contributed by atoms with Crippen LogP contribution >= 0.6 is 0 Å².